The first-order valence-electron chi connectivity index (χ1n) is 8.90. The highest BCUT2D eigenvalue weighted by Gasteiger charge is 2.14. The van der Waals surface area contributed by atoms with Crippen LogP contribution in [0.25, 0.3) is 10.9 Å². The van der Waals surface area contributed by atoms with E-state index in [9.17, 15) is 4.79 Å². The number of aryl methyl sites for hydroxylation is 2. The lowest BCUT2D eigenvalue weighted by molar-refractivity contribution is 0.0955. The number of nitrogens with one attached hydrogen (secondary N) is 1. The van der Waals surface area contributed by atoms with E-state index >= 15 is 0 Å². The standard InChI is InChI=1S/C20H23N3O2S/c1-3-7-17-23-14(2)19(26-17)20(24)22-12-6-13-25-16-10-4-8-15-9-5-11-21-18(15)16/h4-5,8-11H,3,6-7,12-13H2,1-2H3,(H,22,24). The molecule has 1 N–H and O–H groups in total. The van der Waals surface area contributed by atoms with Crippen molar-refractivity contribution in [2.24, 2.45) is 0 Å². The van der Waals surface area contributed by atoms with Crippen LogP contribution in [0, 0.1) is 6.92 Å². The Balaban J connectivity index is 1.47. The zero-order valence-corrected chi connectivity index (χ0v) is 15.9. The van der Waals surface area contributed by atoms with Crippen LogP contribution in [0.2, 0.25) is 0 Å². The van der Waals surface area contributed by atoms with Crippen LogP contribution in [0.3, 0.4) is 0 Å². The molecule has 0 unspecified atom stereocenters. The van der Waals surface area contributed by atoms with E-state index in [0.29, 0.717) is 18.0 Å². The van der Waals surface area contributed by atoms with Gasteiger partial charge < -0.3 is 10.1 Å². The first-order valence-corrected chi connectivity index (χ1v) is 9.71. The number of pyridine rings is 1. The largest absolute Gasteiger partial charge is 0.491 e. The molecule has 0 spiro atoms. The number of rotatable bonds is 8. The topological polar surface area (TPSA) is 64.1 Å². The molecular formula is C20H23N3O2S. The van der Waals surface area contributed by atoms with E-state index in [1.807, 2.05) is 37.3 Å². The molecule has 136 valence electrons. The average molecular weight is 369 g/mol. The minimum Gasteiger partial charge on any atom is -0.491 e. The molecule has 0 bridgehead atoms. The van der Waals surface area contributed by atoms with Crippen molar-refractivity contribution in [3.63, 3.8) is 0 Å². The molecule has 0 atom stereocenters. The highest BCUT2D eigenvalue weighted by molar-refractivity contribution is 7.13. The molecule has 0 aliphatic carbocycles. The monoisotopic (exact) mass is 369 g/mol. The van der Waals surface area contributed by atoms with Gasteiger partial charge in [0.1, 0.15) is 16.1 Å². The van der Waals surface area contributed by atoms with Gasteiger partial charge in [-0.25, -0.2) is 4.98 Å². The predicted molar refractivity (Wildman–Crippen MR) is 105 cm³/mol. The summed E-state index contributed by atoms with van der Waals surface area (Å²) >= 11 is 1.49. The fourth-order valence-corrected chi connectivity index (χ4v) is 3.80. The molecule has 5 nitrogen and oxygen atoms in total. The molecule has 0 saturated carbocycles. The van der Waals surface area contributed by atoms with Gasteiger partial charge in [-0.1, -0.05) is 25.1 Å². The number of aromatic nitrogens is 2. The molecule has 6 heteroatoms. The summed E-state index contributed by atoms with van der Waals surface area (Å²) in [5.74, 6) is 0.728. The van der Waals surface area contributed by atoms with E-state index in [0.717, 1.165) is 46.6 Å². The number of hydrogen-bond donors (Lipinski definition) is 1. The molecule has 3 aromatic rings. The summed E-state index contributed by atoms with van der Waals surface area (Å²) in [6.45, 7) is 5.10. The quantitative estimate of drug-likeness (QED) is 0.606. The van der Waals surface area contributed by atoms with Crippen molar-refractivity contribution in [1.29, 1.82) is 0 Å². The van der Waals surface area contributed by atoms with Crippen molar-refractivity contribution in [2.75, 3.05) is 13.2 Å². The Kier molecular flexibility index (Phi) is 6.17. The number of fused-ring (bicyclic) bond motifs is 1. The van der Waals surface area contributed by atoms with E-state index in [1.165, 1.54) is 11.3 Å². The Bertz CT molecular complexity index is 886. The molecule has 26 heavy (non-hydrogen) atoms. The third kappa shape index (κ3) is 4.38. The van der Waals surface area contributed by atoms with E-state index < -0.39 is 0 Å². The van der Waals surface area contributed by atoms with Crippen LogP contribution in [0.4, 0.5) is 0 Å². The summed E-state index contributed by atoms with van der Waals surface area (Å²) in [7, 11) is 0. The van der Waals surface area contributed by atoms with Crippen LogP contribution in [-0.2, 0) is 6.42 Å². The SMILES string of the molecule is CCCc1nc(C)c(C(=O)NCCCOc2cccc3cccnc23)s1. The molecule has 0 saturated heterocycles. The predicted octanol–water partition coefficient (Wildman–Crippen LogP) is 4.15. The molecule has 3 rings (SSSR count). The molecule has 1 amide bonds. The Labute approximate surface area is 157 Å². The van der Waals surface area contributed by atoms with Crippen molar-refractivity contribution in [3.8, 4) is 5.75 Å². The zero-order chi connectivity index (χ0) is 18.4. The zero-order valence-electron chi connectivity index (χ0n) is 15.1. The summed E-state index contributed by atoms with van der Waals surface area (Å²) in [5.41, 5.74) is 1.68. The molecule has 0 aliphatic rings. The van der Waals surface area contributed by atoms with Crippen molar-refractivity contribution < 1.29 is 9.53 Å². The first-order chi connectivity index (χ1) is 12.7. The maximum atomic E-state index is 12.3. The van der Waals surface area contributed by atoms with E-state index in [-0.39, 0.29) is 5.91 Å². The number of carbonyl (C=O) groups is 1. The van der Waals surface area contributed by atoms with E-state index in [2.05, 4.69) is 22.2 Å². The number of hydrogen-bond acceptors (Lipinski definition) is 5. The normalized spacial score (nSPS) is 10.8. The Morgan fingerprint density at radius 1 is 1.27 bits per heavy atom. The lowest BCUT2D eigenvalue weighted by atomic mass is 10.2. The summed E-state index contributed by atoms with van der Waals surface area (Å²) in [5, 5.41) is 5.04. The lowest BCUT2D eigenvalue weighted by Gasteiger charge is -2.09. The molecule has 2 aromatic heterocycles. The second-order valence-corrected chi connectivity index (χ2v) is 7.14. The van der Waals surface area contributed by atoms with Gasteiger partial charge in [-0.15, -0.1) is 11.3 Å². The van der Waals surface area contributed by atoms with Gasteiger partial charge in [-0.2, -0.15) is 0 Å². The fourth-order valence-electron chi connectivity index (χ4n) is 2.71. The third-order valence-electron chi connectivity index (χ3n) is 3.97. The minimum absolute atomic E-state index is 0.0471. The van der Waals surface area contributed by atoms with Crippen molar-refractivity contribution in [3.05, 3.63) is 52.1 Å². The van der Waals surface area contributed by atoms with Crippen LogP contribution in [-0.4, -0.2) is 29.0 Å². The highest BCUT2D eigenvalue weighted by atomic mass is 32.1. The second kappa shape index (κ2) is 8.76. The smallest absolute Gasteiger partial charge is 0.263 e. The summed E-state index contributed by atoms with van der Waals surface area (Å²) in [4.78, 5) is 21.9. The van der Waals surface area contributed by atoms with Crippen molar-refractivity contribution in [1.82, 2.24) is 15.3 Å². The van der Waals surface area contributed by atoms with Crippen molar-refractivity contribution in [2.45, 2.75) is 33.1 Å². The van der Waals surface area contributed by atoms with Crippen LogP contribution >= 0.6 is 11.3 Å². The molecular weight excluding hydrogens is 346 g/mol. The molecule has 2 heterocycles. The number of amides is 1. The maximum absolute atomic E-state index is 12.3. The van der Waals surface area contributed by atoms with Gasteiger partial charge in [0.15, 0.2) is 0 Å². The van der Waals surface area contributed by atoms with Gasteiger partial charge in [0.25, 0.3) is 5.91 Å². The molecule has 0 fully saturated rings. The Morgan fingerprint density at radius 3 is 2.96 bits per heavy atom. The summed E-state index contributed by atoms with van der Waals surface area (Å²) in [6, 6.07) is 9.82. The molecule has 0 aliphatic heterocycles. The van der Waals surface area contributed by atoms with Crippen molar-refractivity contribution >= 4 is 28.1 Å². The molecule has 0 radical (unpaired) electrons. The minimum atomic E-state index is -0.0471. The maximum Gasteiger partial charge on any atom is 0.263 e. The summed E-state index contributed by atoms with van der Waals surface area (Å²) in [6.07, 6.45) is 4.45. The number of benzene rings is 1. The van der Waals surface area contributed by atoms with Crippen LogP contribution in [0.1, 0.15) is 40.1 Å². The Morgan fingerprint density at radius 2 is 2.12 bits per heavy atom. The highest BCUT2D eigenvalue weighted by Crippen LogP contribution is 2.23. The van der Waals surface area contributed by atoms with Gasteiger partial charge in [0.05, 0.1) is 17.3 Å². The van der Waals surface area contributed by atoms with Gasteiger partial charge in [0.2, 0.25) is 0 Å². The number of ether oxygens (including phenoxy) is 1. The van der Waals surface area contributed by atoms with Gasteiger partial charge >= 0.3 is 0 Å². The van der Waals surface area contributed by atoms with Gasteiger partial charge in [-0.3, -0.25) is 9.78 Å². The second-order valence-electron chi connectivity index (χ2n) is 6.06. The number of carbonyl (C=O) groups excluding carboxylic acids is 1. The van der Waals surface area contributed by atoms with Crippen LogP contribution in [0.15, 0.2) is 36.5 Å². The number of nitrogens with zero attached hydrogens (tertiary/aromatic N) is 2. The third-order valence-corrected chi connectivity index (χ3v) is 5.19. The number of para-hydroxylation sites is 1. The van der Waals surface area contributed by atoms with Crippen LogP contribution in [0.5, 0.6) is 5.75 Å². The molecule has 1 aromatic carbocycles. The van der Waals surface area contributed by atoms with Gasteiger partial charge in [0, 0.05) is 18.1 Å². The summed E-state index contributed by atoms with van der Waals surface area (Å²) < 4.78 is 5.84. The Hall–Kier alpha value is -2.47. The number of thiazole rings is 1. The average Bonchev–Trinajstić information content (AvgIpc) is 3.02. The van der Waals surface area contributed by atoms with Crippen LogP contribution < -0.4 is 10.1 Å². The fraction of sp³-hybridized carbons (Fsp3) is 0.350. The first kappa shape index (κ1) is 18.3. The van der Waals surface area contributed by atoms with E-state index in [4.69, 9.17) is 4.74 Å². The van der Waals surface area contributed by atoms with Gasteiger partial charge in [-0.05, 0) is 38.3 Å². The van der Waals surface area contributed by atoms with E-state index in [1.54, 1.807) is 6.20 Å². The lowest BCUT2D eigenvalue weighted by Crippen LogP contribution is -2.25.